The van der Waals surface area contributed by atoms with Crippen molar-refractivity contribution in [3.63, 3.8) is 0 Å². The van der Waals surface area contributed by atoms with Gasteiger partial charge in [0.1, 0.15) is 6.04 Å². The van der Waals surface area contributed by atoms with E-state index in [0.717, 1.165) is 19.7 Å². The largest absolute Gasteiger partial charge is 0.471 e. The molecule has 0 radical (unpaired) electrons. The van der Waals surface area contributed by atoms with Gasteiger partial charge in [0, 0.05) is 13.5 Å². The summed E-state index contributed by atoms with van der Waals surface area (Å²) in [5.41, 5.74) is 1.62. The van der Waals surface area contributed by atoms with Gasteiger partial charge >= 0.3 is 18.1 Å². The van der Waals surface area contributed by atoms with Crippen LogP contribution in [0.25, 0.3) is 0 Å². The predicted octanol–water partition coefficient (Wildman–Crippen LogP) is 2.10. The van der Waals surface area contributed by atoms with Crippen LogP contribution < -0.4 is 0 Å². The summed E-state index contributed by atoms with van der Waals surface area (Å²) in [5, 5.41) is 0. The minimum atomic E-state index is -5.03. The number of hydrogen-bond acceptors (Lipinski definition) is 3. The number of esters is 1. The molecule has 0 spiro atoms. The lowest BCUT2D eigenvalue weighted by molar-refractivity contribution is -0.188. The molecule has 0 bridgehead atoms. The fourth-order valence-electron chi connectivity index (χ4n) is 1.80. The van der Waals surface area contributed by atoms with E-state index in [-0.39, 0.29) is 6.42 Å². The molecule has 116 valence electrons. The predicted molar refractivity (Wildman–Crippen MR) is 69.5 cm³/mol. The maximum atomic E-state index is 12.5. The fourth-order valence-corrected chi connectivity index (χ4v) is 1.80. The Bertz CT molecular complexity index is 511. The third kappa shape index (κ3) is 4.47. The molecule has 1 unspecified atom stereocenters. The van der Waals surface area contributed by atoms with E-state index in [2.05, 4.69) is 4.74 Å². The van der Waals surface area contributed by atoms with Gasteiger partial charge in [0.15, 0.2) is 0 Å². The Labute approximate surface area is 120 Å². The zero-order valence-electron chi connectivity index (χ0n) is 11.9. The molecule has 1 amide bonds. The highest BCUT2D eigenvalue weighted by Crippen LogP contribution is 2.21. The summed E-state index contributed by atoms with van der Waals surface area (Å²) in [4.78, 5) is 23.3. The van der Waals surface area contributed by atoms with Crippen LogP contribution >= 0.6 is 0 Å². The van der Waals surface area contributed by atoms with Crippen LogP contribution in [-0.4, -0.2) is 43.2 Å². The van der Waals surface area contributed by atoms with Crippen LogP contribution in [-0.2, 0) is 20.7 Å². The van der Waals surface area contributed by atoms with Gasteiger partial charge in [-0.3, -0.25) is 4.79 Å². The van der Waals surface area contributed by atoms with Crippen molar-refractivity contribution < 1.29 is 27.5 Å². The van der Waals surface area contributed by atoms with Gasteiger partial charge in [0.05, 0.1) is 7.11 Å². The number of methoxy groups -OCH3 is 1. The molecule has 0 aliphatic carbocycles. The van der Waals surface area contributed by atoms with Gasteiger partial charge < -0.3 is 9.64 Å². The van der Waals surface area contributed by atoms with Gasteiger partial charge in [0.25, 0.3) is 0 Å². The van der Waals surface area contributed by atoms with Crippen LogP contribution in [0.5, 0.6) is 0 Å². The molecule has 0 aliphatic heterocycles. The Morgan fingerprint density at radius 3 is 2.19 bits per heavy atom. The van der Waals surface area contributed by atoms with E-state index in [9.17, 15) is 22.8 Å². The minimum Gasteiger partial charge on any atom is -0.467 e. The highest BCUT2D eigenvalue weighted by molar-refractivity contribution is 5.87. The maximum absolute atomic E-state index is 12.5. The van der Waals surface area contributed by atoms with Crippen molar-refractivity contribution in [1.29, 1.82) is 0 Å². The van der Waals surface area contributed by atoms with E-state index >= 15 is 0 Å². The van der Waals surface area contributed by atoms with Crippen LogP contribution in [0.4, 0.5) is 13.2 Å². The summed E-state index contributed by atoms with van der Waals surface area (Å²) >= 11 is 0. The first-order chi connectivity index (χ1) is 9.66. The van der Waals surface area contributed by atoms with Crippen LogP contribution in [0.1, 0.15) is 11.1 Å². The molecular weight excluding hydrogens is 287 g/mol. The van der Waals surface area contributed by atoms with Crippen LogP contribution in [0.15, 0.2) is 24.3 Å². The monoisotopic (exact) mass is 303 g/mol. The molecule has 1 aromatic rings. The van der Waals surface area contributed by atoms with Crippen molar-refractivity contribution in [3.05, 3.63) is 35.4 Å². The third-order valence-electron chi connectivity index (χ3n) is 3.05. The number of ether oxygens (including phenoxy) is 1. The SMILES string of the molecule is COC(=O)C(Cc1ccc(C)cc1)N(C)C(=O)C(F)(F)F. The number of nitrogens with zero attached hydrogens (tertiary/aromatic N) is 1. The van der Waals surface area contributed by atoms with Crippen molar-refractivity contribution in [2.75, 3.05) is 14.2 Å². The van der Waals surface area contributed by atoms with Gasteiger partial charge in [-0.1, -0.05) is 29.8 Å². The summed E-state index contributed by atoms with van der Waals surface area (Å²) in [6.45, 7) is 1.86. The number of carbonyl (C=O) groups excluding carboxylic acids is 2. The second-order valence-corrected chi connectivity index (χ2v) is 4.64. The number of rotatable bonds is 4. The summed E-state index contributed by atoms with van der Waals surface area (Å²) < 4.78 is 41.9. The number of alkyl halides is 3. The number of amides is 1. The van der Waals surface area contributed by atoms with E-state index in [1.165, 1.54) is 0 Å². The molecule has 0 saturated carbocycles. The number of aryl methyl sites for hydroxylation is 1. The molecule has 0 N–H and O–H groups in total. The molecule has 0 saturated heterocycles. The molecule has 4 nitrogen and oxygen atoms in total. The van der Waals surface area contributed by atoms with Gasteiger partial charge in [-0.15, -0.1) is 0 Å². The molecule has 0 heterocycles. The summed E-state index contributed by atoms with van der Waals surface area (Å²) in [6, 6.07) is 5.60. The number of benzene rings is 1. The average Bonchev–Trinajstić information content (AvgIpc) is 2.43. The molecule has 21 heavy (non-hydrogen) atoms. The average molecular weight is 303 g/mol. The van der Waals surface area contributed by atoms with Gasteiger partial charge in [0.2, 0.25) is 0 Å². The summed E-state index contributed by atoms with van der Waals surface area (Å²) in [5.74, 6) is -2.97. The van der Waals surface area contributed by atoms with Crippen molar-refractivity contribution in [2.24, 2.45) is 0 Å². The van der Waals surface area contributed by atoms with Crippen molar-refractivity contribution >= 4 is 11.9 Å². The number of likely N-dealkylation sites (N-methyl/N-ethyl adjacent to an activating group) is 1. The van der Waals surface area contributed by atoms with Gasteiger partial charge in [-0.25, -0.2) is 4.79 Å². The molecule has 1 atom stereocenters. The Balaban J connectivity index is 2.98. The Kier molecular flexibility index (Phi) is 5.34. The Hall–Kier alpha value is -2.05. The Morgan fingerprint density at radius 2 is 1.76 bits per heavy atom. The second-order valence-electron chi connectivity index (χ2n) is 4.64. The van der Waals surface area contributed by atoms with Crippen molar-refractivity contribution in [3.8, 4) is 0 Å². The Morgan fingerprint density at radius 1 is 1.24 bits per heavy atom. The number of hydrogen-bond donors (Lipinski definition) is 0. The molecule has 0 fully saturated rings. The number of halogens is 3. The highest BCUT2D eigenvalue weighted by atomic mass is 19.4. The molecule has 0 aromatic heterocycles. The lowest BCUT2D eigenvalue weighted by Gasteiger charge is -2.26. The van der Waals surface area contributed by atoms with Crippen LogP contribution in [0, 0.1) is 6.92 Å². The topological polar surface area (TPSA) is 46.6 Å². The minimum absolute atomic E-state index is 0.0503. The smallest absolute Gasteiger partial charge is 0.467 e. The van der Waals surface area contributed by atoms with E-state index in [1.807, 2.05) is 6.92 Å². The normalized spacial score (nSPS) is 12.7. The number of carbonyl (C=O) groups is 2. The first kappa shape index (κ1) is 17.0. The zero-order chi connectivity index (χ0) is 16.2. The zero-order valence-corrected chi connectivity index (χ0v) is 11.9. The van der Waals surface area contributed by atoms with E-state index in [4.69, 9.17) is 0 Å². The van der Waals surface area contributed by atoms with E-state index < -0.39 is 24.1 Å². The van der Waals surface area contributed by atoms with E-state index in [1.54, 1.807) is 24.3 Å². The van der Waals surface area contributed by atoms with Crippen LogP contribution in [0.3, 0.4) is 0 Å². The standard InChI is InChI=1S/C14H16F3NO3/c1-9-4-6-10(7-5-9)8-11(12(19)21-3)18(2)13(20)14(15,16)17/h4-7,11H,8H2,1-3H3. The summed E-state index contributed by atoms with van der Waals surface area (Å²) in [6.07, 6.45) is -5.08. The van der Waals surface area contributed by atoms with E-state index in [0.29, 0.717) is 10.5 Å². The molecule has 1 rings (SSSR count). The van der Waals surface area contributed by atoms with Crippen molar-refractivity contribution in [2.45, 2.75) is 25.6 Å². The third-order valence-corrected chi connectivity index (χ3v) is 3.05. The molecular formula is C14H16F3NO3. The lowest BCUT2D eigenvalue weighted by Crippen LogP contribution is -2.49. The second kappa shape index (κ2) is 6.60. The fraction of sp³-hybridized carbons (Fsp3) is 0.429. The first-order valence-corrected chi connectivity index (χ1v) is 6.14. The van der Waals surface area contributed by atoms with Crippen LogP contribution in [0.2, 0.25) is 0 Å². The molecule has 0 aliphatic rings. The summed E-state index contributed by atoms with van der Waals surface area (Å²) in [7, 11) is 2.00. The molecule has 7 heteroatoms. The first-order valence-electron chi connectivity index (χ1n) is 6.14. The van der Waals surface area contributed by atoms with Gasteiger partial charge in [-0.2, -0.15) is 13.2 Å². The highest BCUT2D eigenvalue weighted by Gasteiger charge is 2.44. The molecule has 1 aromatic carbocycles. The maximum Gasteiger partial charge on any atom is 0.471 e. The lowest BCUT2D eigenvalue weighted by atomic mass is 10.0. The van der Waals surface area contributed by atoms with Gasteiger partial charge in [-0.05, 0) is 12.5 Å². The van der Waals surface area contributed by atoms with Crippen molar-refractivity contribution in [1.82, 2.24) is 4.90 Å². The quantitative estimate of drug-likeness (QED) is 0.800.